The van der Waals surface area contributed by atoms with Gasteiger partial charge in [-0.1, -0.05) is 43.3 Å². The molecule has 1 unspecified atom stereocenters. The zero-order valence-corrected chi connectivity index (χ0v) is 29.5. The summed E-state index contributed by atoms with van der Waals surface area (Å²) in [7, 11) is 3.17. The molecule has 1 atom stereocenters. The van der Waals surface area contributed by atoms with E-state index >= 15 is 0 Å². The van der Waals surface area contributed by atoms with Crippen LogP contribution in [-0.2, 0) is 27.6 Å². The molecule has 266 valence electrons. The minimum atomic E-state index is -1.48. The molecule has 2 heterocycles. The summed E-state index contributed by atoms with van der Waals surface area (Å²) in [5.41, 5.74) is 0.505. The Morgan fingerprint density at radius 2 is 1.50 bits per heavy atom. The molecule has 0 saturated heterocycles. The molecule has 0 saturated carbocycles. The average Bonchev–Trinajstić information content (AvgIpc) is 3.52. The monoisotopic (exact) mass is 710 g/mol. The fourth-order valence-electron chi connectivity index (χ4n) is 4.28. The number of aliphatic carboxylic acids is 1. The van der Waals surface area contributed by atoms with E-state index in [9.17, 15) is 19.9 Å². The summed E-state index contributed by atoms with van der Waals surface area (Å²) >= 11 is 0.742. The summed E-state index contributed by atoms with van der Waals surface area (Å²) in [4.78, 5) is 34.1. The minimum absolute atomic E-state index is 0.000638. The molecule has 50 heavy (non-hydrogen) atoms. The first kappa shape index (κ1) is 37.2. The number of hydrogen-bond acceptors (Lipinski definition) is 13. The van der Waals surface area contributed by atoms with Crippen LogP contribution in [0.3, 0.4) is 0 Å². The van der Waals surface area contributed by atoms with E-state index in [1.165, 1.54) is 12.3 Å². The summed E-state index contributed by atoms with van der Waals surface area (Å²) in [5.74, 6) is -0.190. The van der Waals surface area contributed by atoms with Crippen molar-refractivity contribution in [2.75, 3.05) is 19.5 Å². The standard InChI is InChI=1S/C34H39N5O10S/c1-20(2)29(49-37-28(31(40)41)30-35-32(50-38-30)36-33(42)48-34(3,4)5)25-16-26(46-18-21-8-12-23(44-6)13-9-21)27(17-39(25)43)47-19-22-10-14-24(45-7)15-11-22/h8-17,20,29H,18-19H2,1-7H3,(H2-,35,36,38,40,41,42,43)/p+1/b37-28-. The highest BCUT2D eigenvalue weighted by Gasteiger charge is 2.33. The number of rotatable bonds is 15. The van der Waals surface area contributed by atoms with Crippen molar-refractivity contribution in [3.8, 4) is 23.0 Å². The highest BCUT2D eigenvalue weighted by atomic mass is 32.1. The van der Waals surface area contributed by atoms with Crippen LogP contribution in [0.15, 0.2) is 65.9 Å². The van der Waals surface area contributed by atoms with Crippen molar-refractivity contribution in [2.45, 2.75) is 59.5 Å². The van der Waals surface area contributed by atoms with Crippen LogP contribution in [0.2, 0.25) is 0 Å². The van der Waals surface area contributed by atoms with Crippen molar-refractivity contribution >= 4 is 34.4 Å². The molecule has 0 bridgehead atoms. The Morgan fingerprint density at radius 1 is 0.940 bits per heavy atom. The van der Waals surface area contributed by atoms with Crippen LogP contribution in [0.4, 0.5) is 9.93 Å². The van der Waals surface area contributed by atoms with Crippen LogP contribution in [0, 0.1) is 5.92 Å². The van der Waals surface area contributed by atoms with E-state index in [0.29, 0.717) is 11.5 Å². The lowest BCUT2D eigenvalue weighted by molar-refractivity contribution is -0.911. The van der Waals surface area contributed by atoms with Gasteiger partial charge < -0.3 is 33.6 Å². The van der Waals surface area contributed by atoms with Gasteiger partial charge in [0.1, 0.15) is 30.3 Å². The van der Waals surface area contributed by atoms with Crippen LogP contribution in [0.1, 0.15) is 63.4 Å². The quantitative estimate of drug-likeness (QED) is 0.0585. The number of methoxy groups -OCH3 is 2. The second kappa shape index (κ2) is 16.6. The topological polar surface area (TPSA) is 184 Å². The SMILES string of the molecule is COc1ccc(COc2cc(C(O/N=C(\C(=O)O)c3nsc(NC(=O)OC(C)(C)C)n3)C(C)C)[n+](O)cc2OCc2ccc(OC)cc2)cc1. The third kappa shape index (κ3) is 10.4. The smallest absolute Gasteiger partial charge is 0.414 e. The molecule has 0 aliphatic heterocycles. The van der Waals surface area contributed by atoms with Gasteiger partial charge in [0.05, 0.1) is 20.3 Å². The maximum atomic E-state index is 12.2. The van der Waals surface area contributed by atoms with Gasteiger partial charge in [-0.3, -0.25) is 10.5 Å². The van der Waals surface area contributed by atoms with E-state index in [1.54, 1.807) is 48.8 Å². The number of oxime groups is 1. The summed E-state index contributed by atoms with van der Waals surface area (Å²) in [5, 5.41) is 27.3. The Balaban J connectivity index is 1.61. The van der Waals surface area contributed by atoms with Gasteiger partial charge in [-0.15, -0.1) is 0 Å². The van der Waals surface area contributed by atoms with Crippen molar-refractivity contribution in [3.63, 3.8) is 0 Å². The summed E-state index contributed by atoms with van der Waals surface area (Å²) in [6.07, 6.45) is -0.426. The first-order valence-electron chi connectivity index (χ1n) is 15.4. The molecule has 0 aliphatic rings. The molecular formula is C34H40N5O10S+. The Labute approximate surface area is 293 Å². The van der Waals surface area contributed by atoms with E-state index in [1.807, 2.05) is 48.5 Å². The van der Waals surface area contributed by atoms with Gasteiger partial charge in [-0.25, -0.2) is 9.59 Å². The number of aromatic nitrogens is 3. The molecule has 0 spiro atoms. The van der Waals surface area contributed by atoms with Gasteiger partial charge in [-0.05, 0) is 56.2 Å². The second-order valence-electron chi connectivity index (χ2n) is 12.1. The molecule has 4 rings (SSSR count). The summed E-state index contributed by atoms with van der Waals surface area (Å²) < 4.78 is 32.8. The number of anilines is 1. The van der Waals surface area contributed by atoms with Crippen LogP contribution < -0.4 is 29.0 Å². The number of carbonyl (C=O) groups is 2. The Bertz CT molecular complexity index is 1790. The van der Waals surface area contributed by atoms with Gasteiger partial charge in [-0.2, -0.15) is 9.36 Å². The van der Waals surface area contributed by atoms with E-state index in [-0.39, 0.29) is 47.3 Å². The molecule has 0 aliphatic carbocycles. The van der Waals surface area contributed by atoms with E-state index in [2.05, 4.69) is 19.8 Å². The number of hydrogen-bond donors (Lipinski definition) is 3. The van der Waals surface area contributed by atoms with Crippen molar-refractivity contribution in [2.24, 2.45) is 11.1 Å². The van der Waals surface area contributed by atoms with Crippen molar-refractivity contribution in [1.82, 2.24) is 9.36 Å². The molecule has 15 nitrogen and oxygen atoms in total. The Morgan fingerprint density at radius 3 is 2.00 bits per heavy atom. The predicted octanol–water partition coefficient (Wildman–Crippen LogP) is 5.79. The van der Waals surface area contributed by atoms with Gasteiger partial charge in [0.15, 0.2) is 5.75 Å². The highest BCUT2D eigenvalue weighted by molar-refractivity contribution is 7.10. The lowest BCUT2D eigenvalue weighted by atomic mass is 10.0. The molecule has 2 aromatic heterocycles. The highest BCUT2D eigenvalue weighted by Crippen LogP contribution is 2.33. The van der Waals surface area contributed by atoms with Gasteiger partial charge in [0.25, 0.3) is 11.9 Å². The lowest BCUT2D eigenvalue weighted by Gasteiger charge is -2.18. The Hall–Kier alpha value is -5.64. The molecule has 2 aromatic carbocycles. The second-order valence-corrected chi connectivity index (χ2v) is 12.9. The molecule has 0 radical (unpaired) electrons. The number of amides is 1. The molecule has 16 heteroatoms. The fourth-order valence-corrected chi connectivity index (χ4v) is 4.84. The maximum Gasteiger partial charge on any atom is 0.414 e. The van der Waals surface area contributed by atoms with E-state index in [0.717, 1.165) is 27.4 Å². The number of pyridine rings is 1. The molecular weight excluding hydrogens is 670 g/mol. The van der Waals surface area contributed by atoms with E-state index < -0.39 is 29.5 Å². The number of carboxylic acid groups (broad SMARTS) is 1. The third-order valence-corrected chi connectivity index (χ3v) is 7.37. The largest absolute Gasteiger partial charge is 0.497 e. The van der Waals surface area contributed by atoms with Gasteiger partial charge in [0, 0.05) is 22.2 Å². The lowest BCUT2D eigenvalue weighted by Crippen LogP contribution is -2.38. The molecule has 1 amide bonds. The average molecular weight is 711 g/mol. The first-order valence-corrected chi connectivity index (χ1v) is 16.1. The zero-order chi connectivity index (χ0) is 36.4. The number of nitrogens with one attached hydrogen (secondary N) is 1. The number of nitrogens with zero attached hydrogens (tertiary/aromatic N) is 4. The Kier molecular flexibility index (Phi) is 12.4. The number of carboxylic acids is 1. The normalized spacial score (nSPS) is 12.2. The summed E-state index contributed by atoms with van der Waals surface area (Å²) in [6, 6.07) is 16.2. The van der Waals surface area contributed by atoms with Crippen LogP contribution in [0.25, 0.3) is 0 Å². The number of carbonyl (C=O) groups excluding carboxylic acids is 1. The number of benzene rings is 2. The van der Waals surface area contributed by atoms with Gasteiger partial charge in [0.2, 0.25) is 28.5 Å². The first-order chi connectivity index (χ1) is 23.8. The van der Waals surface area contributed by atoms with Crippen molar-refractivity contribution in [1.29, 1.82) is 0 Å². The fraction of sp³-hybridized carbons (Fsp3) is 0.353. The number of ether oxygens (including phenoxy) is 5. The summed E-state index contributed by atoms with van der Waals surface area (Å²) in [6.45, 7) is 9.01. The molecule has 3 N–H and O–H groups in total. The zero-order valence-electron chi connectivity index (χ0n) is 28.7. The third-order valence-electron chi connectivity index (χ3n) is 6.74. The van der Waals surface area contributed by atoms with Crippen molar-refractivity contribution < 1.29 is 53.2 Å². The van der Waals surface area contributed by atoms with Crippen LogP contribution in [0.5, 0.6) is 23.0 Å². The minimum Gasteiger partial charge on any atom is -0.497 e. The van der Waals surface area contributed by atoms with Crippen LogP contribution in [-0.4, -0.2) is 57.3 Å². The van der Waals surface area contributed by atoms with Gasteiger partial charge >= 0.3 is 12.1 Å². The molecule has 4 aromatic rings. The van der Waals surface area contributed by atoms with E-state index in [4.69, 9.17) is 28.5 Å². The predicted molar refractivity (Wildman–Crippen MR) is 181 cm³/mol. The maximum absolute atomic E-state index is 12.2. The molecule has 0 fully saturated rings. The van der Waals surface area contributed by atoms with Crippen molar-refractivity contribution in [3.05, 3.63) is 83.4 Å². The van der Waals surface area contributed by atoms with Crippen LogP contribution >= 0.6 is 11.5 Å².